The van der Waals surface area contributed by atoms with Gasteiger partial charge < -0.3 is 15.4 Å². The number of ether oxygens (including phenoxy) is 1. The van der Waals surface area contributed by atoms with E-state index in [0.29, 0.717) is 18.3 Å². The number of hydrogen-bond donors (Lipinski definition) is 2. The van der Waals surface area contributed by atoms with Crippen molar-refractivity contribution in [1.29, 1.82) is 0 Å². The summed E-state index contributed by atoms with van der Waals surface area (Å²) in [7, 11) is 1.59. The SMILES string of the molecule is COCc1nnc(NC(=O)CCNc2ncnc3sc(C)c(-c4ccccc4)c23)s1. The molecule has 1 aromatic carbocycles. The number of aromatic nitrogens is 4. The molecule has 30 heavy (non-hydrogen) atoms. The number of fused-ring (bicyclic) bond motifs is 1. The summed E-state index contributed by atoms with van der Waals surface area (Å²) in [4.78, 5) is 23.2. The fraction of sp³-hybridized carbons (Fsp3) is 0.250. The number of rotatable bonds is 8. The molecule has 0 atom stereocenters. The number of nitrogens with zero attached hydrogens (tertiary/aromatic N) is 4. The molecule has 0 aliphatic heterocycles. The number of aryl methyl sites for hydroxylation is 1. The molecule has 0 saturated heterocycles. The van der Waals surface area contributed by atoms with E-state index in [1.54, 1.807) is 24.8 Å². The Balaban J connectivity index is 1.46. The highest BCUT2D eigenvalue weighted by atomic mass is 32.1. The van der Waals surface area contributed by atoms with Crippen molar-refractivity contribution < 1.29 is 9.53 Å². The molecule has 0 aliphatic carbocycles. The van der Waals surface area contributed by atoms with Crippen LogP contribution < -0.4 is 10.6 Å². The summed E-state index contributed by atoms with van der Waals surface area (Å²) in [6.45, 7) is 2.90. The van der Waals surface area contributed by atoms with Gasteiger partial charge in [-0.25, -0.2) is 9.97 Å². The van der Waals surface area contributed by atoms with Crippen LogP contribution in [-0.2, 0) is 16.1 Å². The normalized spacial score (nSPS) is 11.0. The Bertz CT molecular complexity index is 1160. The van der Waals surface area contributed by atoms with E-state index < -0.39 is 0 Å². The number of amides is 1. The second-order valence-corrected chi connectivity index (χ2v) is 8.73. The summed E-state index contributed by atoms with van der Waals surface area (Å²) in [5.74, 6) is 0.590. The predicted octanol–water partition coefficient (Wildman–Crippen LogP) is 4.11. The van der Waals surface area contributed by atoms with Gasteiger partial charge in [0.05, 0.1) is 5.39 Å². The molecule has 0 fully saturated rings. The van der Waals surface area contributed by atoms with Crippen LogP contribution in [0.2, 0.25) is 0 Å². The first kappa shape index (κ1) is 20.3. The summed E-state index contributed by atoms with van der Waals surface area (Å²) < 4.78 is 5.01. The summed E-state index contributed by atoms with van der Waals surface area (Å²) >= 11 is 2.94. The fourth-order valence-electron chi connectivity index (χ4n) is 3.09. The molecule has 3 heterocycles. The third kappa shape index (κ3) is 4.45. The van der Waals surface area contributed by atoms with Crippen LogP contribution in [0.5, 0.6) is 0 Å². The van der Waals surface area contributed by atoms with Crippen LogP contribution in [0.15, 0.2) is 36.7 Å². The van der Waals surface area contributed by atoms with Gasteiger partial charge in [-0.2, -0.15) is 0 Å². The van der Waals surface area contributed by atoms with E-state index in [-0.39, 0.29) is 12.3 Å². The minimum Gasteiger partial charge on any atom is -0.377 e. The maximum absolute atomic E-state index is 12.3. The summed E-state index contributed by atoms with van der Waals surface area (Å²) in [5.41, 5.74) is 2.25. The molecule has 8 nitrogen and oxygen atoms in total. The molecule has 0 saturated carbocycles. The van der Waals surface area contributed by atoms with Crippen molar-refractivity contribution in [2.75, 3.05) is 24.3 Å². The van der Waals surface area contributed by atoms with E-state index in [1.165, 1.54) is 16.2 Å². The van der Waals surface area contributed by atoms with E-state index in [2.05, 4.69) is 49.9 Å². The van der Waals surface area contributed by atoms with E-state index in [0.717, 1.165) is 32.2 Å². The zero-order valence-corrected chi connectivity index (χ0v) is 18.1. The molecule has 2 N–H and O–H groups in total. The lowest BCUT2D eigenvalue weighted by Crippen LogP contribution is -2.16. The van der Waals surface area contributed by atoms with Crippen molar-refractivity contribution in [3.63, 3.8) is 0 Å². The van der Waals surface area contributed by atoms with Gasteiger partial charge in [-0.05, 0) is 12.5 Å². The second-order valence-electron chi connectivity index (χ2n) is 6.46. The van der Waals surface area contributed by atoms with E-state index in [4.69, 9.17) is 4.74 Å². The number of anilines is 2. The molecule has 3 aromatic heterocycles. The average Bonchev–Trinajstić information content (AvgIpc) is 3.32. The molecular formula is C20H20N6O2S2. The van der Waals surface area contributed by atoms with Crippen LogP contribution in [0.25, 0.3) is 21.3 Å². The predicted molar refractivity (Wildman–Crippen MR) is 120 cm³/mol. The first-order valence-electron chi connectivity index (χ1n) is 9.30. The van der Waals surface area contributed by atoms with Gasteiger partial charge in [-0.3, -0.25) is 4.79 Å². The maximum atomic E-state index is 12.3. The van der Waals surface area contributed by atoms with Crippen molar-refractivity contribution in [1.82, 2.24) is 20.2 Å². The van der Waals surface area contributed by atoms with Gasteiger partial charge in [0.1, 0.15) is 28.6 Å². The number of hydrogen-bond acceptors (Lipinski definition) is 9. The van der Waals surface area contributed by atoms with Crippen LogP contribution in [0.3, 0.4) is 0 Å². The third-order valence-corrected chi connectivity index (χ3v) is 6.18. The lowest BCUT2D eigenvalue weighted by atomic mass is 10.0. The van der Waals surface area contributed by atoms with Crippen LogP contribution in [0, 0.1) is 6.92 Å². The van der Waals surface area contributed by atoms with Crippen LogP contribution in [0.1, 0.15) is 16.3 Å². The Labute approximate surface area is 181 Å². The number of carbonyl (C=O) groups is 1. The Kier molecular flexibility index (Phi) is 6.26. The van der Waals surface area contributed by atoms with Gasteiger partial charge in [0.2, 0.25) is 11.0 Å². The highest BCUT2D eigenvalue weighted by Crippen LogP contribution is 2.40. The minimum absolute atomic E-state index is 0.141. The summed E-state index contributed by atoms with van der Waals surface area (Å²) in [6.07, 6.45) is 1.82. The molecule has 4 aromatic rings. The van der Waals surface area contributed by atoms with E-state index in [9.17, 15) is 4.79 Å². The van der Waals surface area contributed by atoms with Gasteiger partial charge in [0.15, 0.2) is 0 Å². The molecular weight excluding hydrogens is 420 g/mol. The number of carbonyl (C=O) groups excluding carboxylic acids is 1. The zero-order chi connectivity index (χ0) is 20.9. The Morgan fingerprint density at radius 3 is 2.77 bits per heavy atom. The number of thiophene rings is 1. The van der Waals surface area contributed by atoms with Gasteiger partial charge in [0.25, 0.3) is 0 Å². The lowest BCUT2D eigenvalue weighted by molar-refractivity contribution is -0.115. The van der Waals surface area contributed by atoms with Gasteiger partial charge >= 0.3 is 0 Å². The van der Waals surface area contributed by atoms with Crippen molar-refractivity contribution >= 4 is 49.7 Å². The molecule has 0 bridgehead atoms. The second kappa shape index (κ2) is 9.24. The molecule has 0 spiro atoms. The highest BCUT2D eigenvalue weighted by Gasteiger charge is 2.16. The maximum Gasteiger partial charge on any atom is 0.227 e. The van der Waals surface area contributed by atoms with Gasteiger partial charge in [-0.1, -0.05) is 41.7 Å². The van der Waals surface area contributed by atoms with Crippen molar-refractivity contribution in [2.24, 2.45) is 0 Å². The lowest BCUT2D eigenvalue weighted by Gasteiger charge is -2.09. The summed E-state index contributed by atoms with van der Waals surface area (Å²) in [5, 5.41) is 16.1. The van der Waals surface area contributed by atoms with E-state index in [1.807, 2.05) is 18.2 Å². The van der Waals surface area contributed by atoms with Crippen molar-refractivity contribution in [2.45, 2.75) is 20.0 Å². The average molecular weight is 441 g/mol. The number of methoxy groups -OCH3 is 1. The first-order chi connectivity index (χ1) is 14.7. The van der Waals surface area contributed by atoms with Crippen LogP contribution >= 0.6 is 22.7 Å². The quantitative estimate of drug-likeness (QED) is 0.425. The Hall–Kier alpha value is -2.95. The fourth-order valence-corrected chi connectivity index (χ4v) is 4.83. The molecule has 0 radical (unpaired) electrons. The van der Waals surface area contributed by atoms with Gasteiger partial charge in [0, 0.05) is 30.5 Å². The van der Waals surface area contributed by atoms with Crippen molar-refractivity contribution in [3.05, 3.63) is 46.5 Å². The molecule has 0 aliphatic rings. The van der Waals surface area contributed by atoms with Crippen molar-refractivity contribution in [3.8, 4) is 11.1 Å². The molecule has 154 valence electrons. The zero-order valence-electron chi connectivity index (χ0n) is 16.5. The highest BCUT2D eigenvalue weighted by molar-refractivity contribution is 7.19. The standard InChI is InChI=1S/C20H20N6O2S2/c1-12-16(13-6-4-3-5-7-13)17-18(22-11-23-19(17)29-12)21-9-8-14(27)24-20-26-25-15(30-20)10-28-2/h3-7,11H,8-10H2,1-2H3,(H,21,22,23)(H,24,26,27). The minimum atomic E-state index is -0.141. The molecule has 1 amide bonds. The smallest absolute Gasteiger partial charge is 0.227 e. The van der Waals surface area contributed by atoms with E-state index >= 15 is 0 Å². The number of benzene rings is 1. The molecule has 0 unspecified atom stereocenters. The summed E-state index contributed by atoms with van der Waals surface area (Å²) in [6, 6.07) is 10.2. The Morgan fingerprint density at radius 2 is 1.97 bits per heavy atom. The molecule has 4 rings (SSSR count). The van der Waals surface area contributed by atoms with Crippen LogP contribution in [-0.4, -0.2) is 39.7 Å². The number of nitrogens with one attached hydrogen (secondary N) is 2. The Morgan fingerprint density at radius 1 is 1.13 bits per heavy atom. The largest absolute Gasteiger partial charge is 0.377 e. The van der Waals surface area contributed by atoms with Crippen LogP contribution in [0.4, 0.5) is 10.9 Å². The van der Waals surface area contributed by atoms with Gasteiger partial charge in [-0.15, -0.1) is 21.5 Å². The first-order valence-corrected chi connectivity index (χ1v) is 10.9. The topological polar surface area (TPSA) is 102 Å². The third-order valence-electron chi connectivity index (χ3n) is 4.35. The monoisotopic (exact) mass is 440 g/mol. The molecule has 10 heteroatoms.